The fourth-order valence-corrected chi connectivity index (χ4v) is 2.28. The second-order valence-corrected chi connectivity index (χ2v) is 6.72. The predicted octanol–water partition coefficient (Wildman–Crippen LogP) is 1.62. The van der Waals surface area contributed by atoms with Gasteiger partial charge in [-0.15, -0.1) is 0 Å². The summed E-state index contributed by atoms with van der Waals surface area (Å²) in [6.45, 7) is 0.648. The largest absolute Gasteiger partial charge is 0.384 e. The van der Waals surface area contributed by atoms with E-state index < -0.39 is 15.9 Å². The standard InChI is InChI=1S/C17H17N3O3S/c1-24(22,23)20-17(21)14-8-10-16(11-9-14)19-13-5-3-7-15-6-2-4-12-18-15/h2,4,6,8-12,19H,5,13H2,1H3,(H,20,21). The van der Waals surface area contributed by atoms with Crippen molar-refractivity contribution in [1.29, 1.82) is 0 Å². The van der Waals surface area contributed by atoms with Gasteiger partial charge in [-0.2, -0.15) is 0 Å². The molecule has 24 heavy (non-hydrogen) atoms. The van der Waals surface area contributed by atoms with Crippen molar-refractivity contribution in [2.24, 2.45) is 0 Å². The fraction of sp³-hybridized carbons (Fsp3) is 0.176. The first-order valence-corrected chi connectivity index (χ1v) is 9.09. The third-order valence-corrected chi connectivity index (χ3v) is 3.44. The molecule has 0 spiro atoms. The van der Waals surface area contributed by atoms with Gasteiger partial charge in [0, 0.05) is 30.4 Å². The summed E-state index contributed by atoms with van der Waals surface area (Å²) in [4.78, 5) is 15.8. The Morgan fingerprint density at radius 1 is 1.17 bits per heavy atom. The molecule has 0 radical (unpaired) electrons. The molecule has 2 aromatic rings. The van der Waals surface area contributed by atoms with Gasteiger partial charge in [0.2, 0.25) is 10.0 Å². The molecule has 0 fully saturated rings. The van der Waals surface area contributed by atoms with Crippen molar-refractivity contribution in [3.05, 3.63) is 59.9 Å². The van der Waals surface area contributed by atoms with Gasteiger partial charge >= 0.3 is 0 Å². The molecule has 0 atom stereocenters. The summed E-state index contributed by atoms with van der Waals surface area (Å²) in [7, 11) is -3.56. The molecule has 0 bridgehead atoms. The minimum Gasteiger partial charge on any atom is -0.384 e. The van der Waals surface area contributed by atoms with Gasteiger partial charge in [-0.25, -0.2) is 18.1 Å². The number of rotatable bonds is 5. The molecule has 1 heterocycles. The molecule has 0 aliphatic heterocycles. The number of sulfonamides is 1. The van der Waals surface area contributed by atoms with Crippen LogP contribution in [0.25, 0.3) is 0 Å². The Balaban J connectivity index is 1.82. The number of hydrogen-bond donors (Lipinski definition) is 2. The van der Waals surface area contributed by atoms with Crippen LogP contribution in [0.3, 0.4) is 0 Å². The van der Waals surface area contributed by atoms with Crippen molar-refractivity contribution >= 4 is 21.6 Å². The van der Waals surface area contributed by atoms with Crippen LogP contribution in [0.4, 0.5) is 5.69 Å². The molecule has 0 saturated carbocycles. The van der Waals surface area contributed by atoms with Crippen LogP contribution < -0.4 is 10.0 Å². The molecule has 1 aromatic heterocycles. The Kier molecular flexibility index (Phi) is 5.93. The number of amides is 1. The van der Waals surface area contributed by atoms with Crippen molar-refractivity contribution in [1.82, 2.24) is 9.71 Å². The topological polar surface area (TPSA) is 88.2 Å². The number of hydrogen-bond acceptors (Lipinski definition) is 5. The quantitative estimate of drug-likeness (QED) is 0.636. The van der Waals surface area contributed by atoms with Crippen LogP contribution >= 0.6 is 0 Å². The number of benzene rings is 1. The van der Waals surface area contributed by atoms with Crippen molar-refractivity contribution in [3.8, 4) is 11.8 Å². The SMILES string of the molecule is CS(=O)(=O)NC(=O)c1ccc(NCCC#Cc2ccccn2)cc1. The maximum absolute atomic E-state index is 11.7. The third kappa shape index (κ3) is 6.10. The number of nitrogens with one attached hydrogen (secondary N) is 2. The van der Waals surface area contributed by atoms with Crippen LogP contribution in [-0.4, -0.2) is 32.1 Å². The van der Waals surface area contributed by atoms with E-state index >= 15 is 0 Å². The van der Waals surface area contributed by atoms with E-state index in [1.807, 2.05) is 22.9 Å². The second kappa shape index (κ2) is 8.13. The molecular formula is C17H17N3O3S. The molecule has 6 nitrogen and oxygen atoms in total. The van der Waals surface area contributed by atoms with Gasteiger partial charge in [-0.1, -0.05) is 12.0 Å². The molecule has 0 saturated heterocycles. The highest BCUT2D eigenvalue weighted by Gasteiger charge is 2.10. The van der Waals surface area contributed by atoms with Gasteiger partial charge < -0.3 is 5.32 Å². The van der Waals surface area contributed by atoms with E-state index in [1.54, 1.807) is 30.5 Å². The molecule has 2 N–H and O–H groups in total. The second-order valence-electron chi connectivity index (χ2n) is 4.97. The first kappa shape index (κ1) is 17.5. The Labute approximate surface area is 141 Å². The highest BCUT2D eigenvalue weighted by Crippen LogP contribution is 2.09. The summed E-state index contributed by atoms with van der Waals surface area (Å²) in [5.41, 5.74) is 1.84. The van der Waals surface area contributed by atoms with Gasteiger partial charge in [0.1, 0.15) is 5.69 Å². The molecule has 7 heteroatoms. The zero-order valence-electron chi connectivity index (χ0n) is 13.1. The van der Waals surface area contributed by atoms with E-state index in [0.29, 0.717) is 13.0 Å². The number of carbonyl (C=O) groups excluding carboxylic acids is 1. The lowest BCUT2D eigenvalue weighted by atomic mass is 10.2. The van der Waals surface area contributed by atoms with Crippen LogP contribution in [0.15, 0.2) is 48.7 Å². The van der Waals surface area contributed by atoms with E-state index in [4.69, 9.17) is 0 Å². The summed E-state index contributed by atoms with van der Waals surface area (Å²) < 4.78 is 24.0. The van der Waals surface area contributed by atoms with E-state index in [0.717, 1.165) is 17.6 Å². The summed E-state index contributed by atoms with van der Waals surface area (Å²) in [5.74, 6) is 5.34. The van der Waals surface area contributed by atoms with Crippen LogP contribution in [0.1, 0.15) is 22.5 Å². The lowest BCUT2D eigenvalue weighted by Crippen LogP contribution is -2.29. The lowest BCUT2D eigenvalue weighted by Gasteiger charge is -2.06. The van der Waals surface area contributed by atoms with E-state index in [-0.39, 0.29) is 5.56 Å². The molecule has 0 unspecified atom stereocenters. The smallest absolute Gasteiger partial charge is 0.264 e. The summed E-state index contributed by atoms with van der Waals surface area (Å²) >= 11 is 0. The average Bonchev–Trinajstić information content (AvgIpc) is 2.54. The van der Waals surface area contributed by atoms with Crippen molar-refractivity contribution in [3.63, 3.8) is 0 Å². The van der Waals surface area contributed by atoms with E-state index in [2.05, 4.69) is 22.1 Å². The lowest BCUT2D eigenvalue weighted by molar-refractivity contribution is 0.0981. The van der Waals surface area contributed by atoms with Crippen LogP contribution in [0.2, 0.25) is 0 Å². The monoisotopic (exact) mass is 343 g/mol. The van der Waals surface area contributed by atoms with Crippen LogP contribution in [0, 0.1) is 11.8 Å². The number of carbonyl (C=O) groups is 1. The zero-order chi connectivity index (χ0) is 17.4. The Bertz CT molecular complexity index is 851. The zero-order valence-corrected chi connectivity index (χ0v) is 13.9. The maximum atomic E-state index is 11.7. The normalized spacial score (nSPS) is 10.4. The Hall–Kier alpha value is -2.85. The Morgan fingerprint density at radius 2 is 1.92 bits per heavy atom. The van der Waals surface area contributed by atoms with Gasteiger partial charge in [0.05, 0.1) is 6.26 Å². The predicted molar refractivity (Wildman–Crippen MR) is 93.0 cm³/mol. The van der Waals surface area contributed by atoms with Crippen molar-refractivity contribution in [2.45, 2.75) is 6.42 Å². The summed E-state index contributed by atoms with van der Waals surface area (Å²) in [6.07, 6.45) is 3.28. The number of aromatic nitrogens is 1. The first-order chi connectivity index (χ1) is 11.4. The van der Waals surface area contributed by atoms with Crippen molar-refractivity contribution in [2.75, 3.05) is 18.1 Å². The number of anilines is 1. The van der Waals surface area contributed by atoms with Crippen molar-refractivity contribution < 1.29 is 13.2 Å². The molecule has 0 aliphatic rings. The molecule has 1 aromatic carbocycles. The van der Waals surface area contributed by atoms with Gasteiger partial charge in [0.25, 0.3) is 5.91 Å². The van der Waals surface area contributed by atoms with Crippen LogP contribution in [0.5, 0.6) is 0 Å². The summed E-state index contributed by atoms with van der Waals surface area (Å²) in [6, 6.07) is 12.1. The average molecular weight is 343 g/mol. The molecule has 2 rings (SSSR count). The molecule has 1 amide bonds. The minimum absolute atomic E-state index is 0.279. The highest BCUT2D eigenvalue weighted by molar-refractivity contribution is 7.89. The third-order valence-electron chi connectivity index (χ3n) is 2.89. The fourth-order valence-electron chi connectivity index (χ4n) is 1.83. The van der Waals surface area contributed by atoms with Gasteiger partial charge in [-0.05, 0) is 42.3 Å². The van der Waals surface area contributed by atoms with Gasteiger partial charge in [-0.3, -0.25) is 4.79 Å². The minimum atomic E-state index is -3.56. The summed E-state index contributed by atoms with van der Waals surface area (Å²) in [5, 5.41) is 3.17. The molecular weight excluding hydrogens is 326 g/mol. The van der Waals surface area contributed by atoms with E-state index in [1.165, 1.54) is 0 Å². The van der Waals surface area contributed by atoms with Gasteiger partial charge in [0.15, 0.2) is 0 Å². The van der Waals surface area contributed by atoms with E-state index in [9.17, 15) is 13.2 Å². The van der Waals surface area contributed by atoms with Crippen LogP contribution in [-0.2, 0) is 10.0 Å². The highest BCUT2D eigenvalue weighted by atomic mass is 32.2. The Morgan fingerprint density at radius 3 is 2.54 bits per heavy atom. The molecule has 124 valence electrons. The molecule has 0 aliphatic carbocycles. The first-order valence-electron chi connectivity index (χ1n) is 7.20. The number of pyridine rings is 1. The number of nitrogens with zero attached hydrogens (tertiary/aromatic N) is 1. The maximum Gasteiger partial charge on any atom is 0.264 e.